The smallest absolute Gasteiger partial charge is 0.222 e. The van der Waals surface area contributed by atoms with Crippen LogP contribution in [0.25, 0.3) is 11.3 Å². The molecule has 0 fully saturated rings. The van der Waals surface area contributed by atoms with Crippen molar-refractivity contribution < 1.29 is 4.74 Å². The van der Waals surface area contributed by atoms with E-state index < -0.39 is 0 Å². The summed E-state index contributed by atoms with van der Waals surface area (Å²) in [6.07, 6.45) is 0. The second-order valence-electron chi connectivity index (χ2n) is 3.56. The van der Waals surface area contributed by atoms with Gasteiger partial charge >= 0.3 is 0 Å². The number of nitrogens with zero attached hydrogens (tertiary/aromatic N) is 3. The highest BCUT2D eigenvalue weighted by atomic mass is 16.5. The van der Waals surface area contributed by atoms with E-state index in [1.807, 2.05) is 0 Å². The van der Waals surface area contributed by atoms with E-state index in [2.05, 4.69) is 16.0 Å². The zero-order chi connectivity index (χ0) is 13.1. The molecule has 2 rings (SSSR count). The standard InChI is InChI=1S/C12H11N5O/c1-18-10-3-2-7(6-13)4-8(10)9-5-11(14)17-12(15)16-9/h2-5H,1H3,(H4,14,15,16,17). The Bertz CT molecular complexity index is 613. The Balaban J connectivity index is 2.65. The molecule has 1 heterocycles. The molecule has 1 aromatic heterocycles. The Morgan fingerprint density at radius 2 is 2.00 bits per heavy atom. The quantitative estimate of drug-likeness (QED) is 0.816. The zero-order valence-electron chi connectivity index (χ0n) is 9.71. The number of anilines is 2. The second kappa shape index (κ2) is 4.59. The summed E-state index contributed by atoms with van der Waals surface area (Å²) >= 11 is 0. The van der Waals surface area contributed by atoms with Gasteiger partial charge in [-0.25, -0.2) is 4.98 Å². The largest absolute Gasteiger partial charge is 0.496 e. The fourth-order valence-electron chi connectivity index (χ4n) is 1.60. The van der Waals surface area contributed by atoms with E-state index in [4.69, 9.17) is 21.5 Å². The van der Waals surface area contributed by atoms with Crippen molar-refractivity contribution in [3.05, 3.63) is 29.8 Å². The molecule has 0 bridgehead atoms. The molecule has 0 spiro atoms. The minimum Gasteiger partial charge on any atom is -0.496 e. The van der Waals surface area contributed by atoms with Crippen molar-refractivity contribution in [3.8, 4) is 23.1 Å². The van der Waals surface area contributed by atoms with Gasteiger partial charge in [0.1, 0.15) is 11.6 Å². The molecule has 0 aliphatic heterocycles. The predicted octanol–water partition coefficient (Wildman–Crippen LogP) is 1.19. The number of nitriles is 1. The number of nitrogen functional groups attached to an aromatic ring is 2. The molecule has 6 heteroatoms. The predicted molar refractivity (Wildman–Crippen MR) is 67.6 cm³/mol. The van der Waals surface area contributed by atoms with Crippen LogP contribution in [0, 0.1) is 11.3 Å². The molecule has 18 heavy (non-hydrogen) atoms. The van der Waals surface area contributed by atoms with Gasteiger partial charge < -0.3 is 16.2 Å². The van der Waals surface area contributed by atoms with Gasteiger partial charge in [0, 0.05) is 11.6 Å². The summed E-state index contributed by atoms with van der Waals surface area (Å²) in [7, 11) is 1.54. The van der Waals surface area contributed by atoms with Crippen molar-refractivity contribution >= 4 is 11.8 Å². The maximum atomic E-state index is 8.91. The Morgan fingerprint density at radius 3 is 2.61 bits per heavy atom. The molecule has 0 atom stereocenters. The molecule has 4 N–H and O–H groups in total. The third-order valence-electron chi connectivity index (χ3n) is 2.37. The van der Waals surface area contributed by atoms with Crippen LogP contribution >= 0.6 is 0 Å². The van der Waals surface area contributed by atoms with Gasteiger partial charge in [0.25, 0.3) is 0 Å². The summed E-state index contributed by atoms with van der Waals surface area (Å²) < 4.78 is 5.23. The van der Waals surface area contributed by atoms with Crippen molar-refractivity contribution in [2.75, 3.05) is 18.6 Å². The summed E-state index contributed by atoms with van der Waals surface area (Å²) in [5, 5.41) is 8.91. The van der Waals surface area contributed by atoms with Crippen LogP contribution in [0.1, 0.15) is 5.56 Å². The molecule has 0 unspecified atom stereocenters. The lowest BCUT2D eigenvalue weighted by Crippen LogP contribution is -2.01. The first-order valence-corrected chi connectivity index (χ1v) is 5.12. The van der Waals surface area contributed by atoms with E-state index in [0.717, 1.165) is 0 Å². The van der Waals surface area contributed by atoms with Crippen LogP contribution in [0.4, 0.5) is 11.8 Å². The van der Waals surface area contributed by atoms with Gasteiger partial charge in [-0.3, -0.25) is 0 Å². The molecular weight excluding hydrogens is 230 g/mol. The van der Waals surface area contributed by atoms with Crippen molar-refractivity contribution in [2.24, 2.45) is 0 Å². The SMILES string of the molecule is COc1ccc(C#N)cc1-c1cc(N)nc(N)n1. The molecule has 1 aromatic carbocycles. The molecule has 0 saturated carbocycles. The van der Waals surface area contributed by atoms with E-state index in [-0.39, 0.29) is 11.8 Å². The van der Waals surface area contributed by atoms with Gasteiger partial charge in [0.05, 0.1) is 24.4 Å². The van der Waals surface area contributed by atoms with Crippen LogP contribution in [0.2, 0.25) is 0 Å². The van der Waals surface area contributed by atoms with E-state index >= 15 is 0 Å². The van der Waals surface area contributed by atoms with Crippen molar-refractivity contribution in [2.45, 2.75) is 0 Å². The number of hydrogen-bond donors (Lipinski definition) is 2. The Hall–Kier alpha value is -2.81. The number of rotatable bonds is 2. The maximum absolute atomic E-state index is 8.91. The van der Waals surface area contributed by atoms with Crippen LogP contribution in [0.5, 0.6) is 5.75 Å². The van der Waals surface area contributed by atoms with E-state index in [0.29, 0.717) is 22.6 Å². The van der Waals surface area contributed by atoms with Gasteiger partial charge in [-0.15, -0.1) is 0 Å². The summed E-state index contributed by atoms with van der Waals surface area (Å²) in [6.45, 7) is 0. The third kappa shape index (κ3) is 2.15. The Morgan fingerprint density at radius 1 is 1.22 bits per heavy atom. The molecule has 90 valence electrons. The molecule has 2 aromatic rings. The molecule has 0 aliphatic carbocycles. The molecule has 6 nitrogen and oxygen atoms in total. The van der Waals surface area contributed by atoms with Crippen LogP contribution < -0.4 is 16.2 Å². The first-order chi connectivity index (χ1) is 8.63. The number of ether oxygens (including phenoxy) is 1. The highest BCUT2D eigenvalue weighted by Gasteiger charge is 2.10. The molecule has 0 amide bonds. The second-order valence-corrected chi connectivity index (χ2v) is 3.56. The van der Waals surface area contributed by atoms with Crippen LogP contribution in [-0.2, 0) is 0 Å². The van der Waals surface area contributed by atoms with E-state index in [1.54, 1.807) is 31.4 Å². The van der Waals surface area contributed by atoms with Gasteiger partial charge in [0.15, 0.2) is 0 Å². The fourth-order valence-corrected chi connectivity index (χ4v) is 1.60. The van der Waals surface area contributed by atoms with Crippen LogP contribution in [0.3, 0.4) is 0 Å². The molecule has 0 radical (unpaired) electrons. The average Bonchev–Trinajstić information content (AvgIpc) is 2.36. The summed E-state index contributed by atoms with van der Waals surface area (Å²) in [5.41, 5.74) is 12.8. The molecule has 0 saturated heterocycles. The van der Waals surface area contributed by atoms with Crippen molar-refractivity contribution in [1.29, 1.82) is 5.26 Å². The lowest BCUT2D eigenvalue weighted by Gasteiger charge is -2.09. The Kier molecular flexibility index (Phi) is 2.98. The zero-order valence-corrected chi connectivity index (χ0v) is 9.71. The van der Waals surface area contributed by atoms with Crippen LogP contribution in [0.15, 0.2) is 24.3 Å². The number of benzene rings is 1. The Labute approximate surface area is 104 Å². The van der Waals surface area contributed by atoms with Gasteiger partial charge in [-0.1, -0.05) is 0 Å². The highest BCUT2D eigenvalue weighted by Crippen LogP contribution is 2.30. The first kappa shape index (κ1) is 11.7. The minimum absolute atomic E-state index is 0.0782. The minimum atomic E-state index is 0.0782. The maximum Gasteiger partial charge on any atom is 0.222 e. The number of aromatic nitrogens is 2. The van der Waals surface area contributed by atoms with Crippen LogP contribution in [-0.4, -0.2) is 17.1 Å². The first-order valence-electron chi connectivity index (χ1n) is 5.12. The normalized spacial score (nSPS) is 9.78. The van der Waals surface area contributed by atoms with E-state index in [9.17, 15) is 0 Å². The number of hydrogen-bond acceptors (Lipinski definition) is 6. The fraction of sp³-hybridized carbons (Fsp3) is 0.0833. The van der Waals surface area contributed by atoms with Crippen molar-refractivity contribution in [3.63, 3.8) is 0 Å². The number of nitrogens with two attached hydrogens (primary N) is 2. The monoisotopic (exact) mass is 241 g/mol. The number of methoxy groups -OCH3 is 1. The highest BCUT2D eigenvalue weighted by molar-refractivity contribution is 5.71. The third-order valence-corrected chi connectivity index (χ3v) is 2.37. The summed E-state index contributed by atoms with van der Waals surface area (Å²) in [5.74, 6) is 0.933. The molecular formula is C12H11N5O. The topological polar surface area (TPSA) is 111 Å². The summed E-state index contributed by atoms with van der Waals surface area (Å²) in [6, 6.07) is 8.66. The van der Waals surface area contributed by atoms with Gasteiger partial charge in [-0.2, -0.15) is 10.2 Å². The molecule has 0 aliphatic rings. The lowest BCUT2D eigenvalue weighted by molar-refractivity contribution is 0.416. The summed E-state index contributed by atoms with van der Waals surface area (Å²) in [4.78, 5) is 7.88. The van der Waals surface area contributed by atoms with Crippen molar-refractivity contribution in [1.82, 2.24) is 9.97 Å². The van der Waals surface area contributed by atoms with E-state index in [1.165, 1.54) is 0 Å². The van der Waals surface area contributed by atoms with Gasteiger partial charge in [0.2, 0.25) is 5.95 Å². The average molecular weight is 241 g/mol. The lowest BCUT2D eigenvalue weighted by atomic mass is 10.1. The van der Waals surface area contributed by atoms with Gasteiger partial charge in [-0.05, 0) is 18.2 Å².